The van der Waals surface area contributed by atoms with Crippen molar-refractivity contribution in [2.75, 3.05) is 13.2 Å². The molecule has 0 saturated heterocycles. The van der Waals surface area contributed by atoms with Crippen molar-refractivity contribution in [1.82, 2.24) is 0 Å². The highest BCUT2D eigenvalue weighted by Crippen LogP contribution is 2.71. The zero-order valence-electron chi connectivity index (χ0n) is 12.4. The molecular weight excluding hydrogens is 260 g/mol. The van der Waals surface area contributed by atoms with Crippen molar-refractivity contribution in [3.05, 3.63) is 0 Å². The van der Waals surface area contributed by atoms with E-state index in [0.717, 1.165) is 6.42 Å². The molecule has 0 N–H and O–H groups in total. The molecule has 2 saturated carbocycles. The van der Waals surface area contributed by atoms with Gasteiger partial charge in [0.05, 0.1) is 13.2 Å². The topological polar surface area (TPSA) is 69.7 Å². The summed E-state index contributed by atoms with van der Waals surface area (Å²) in [5.74, 6) is -0.613. The van der Waals surface area contributed by atoms with Gasteiger partial charge in [0, 0.05) is 6.42 Å². The predicted octanol–water partition coefficient (Wildman–Crippen LogP) is 1.88. The third kappa shape index (κ3) is 2.34. The number of fused-ring (bicyclic) bond motifs is 1. The summed E-state index contributed by atoms with van der Waals surface area (Å²) in [6.45, 7) is 5.48. The normalized spacial score (nSPS) is 29.4. The Morgan fingerprint density at radius 3 is 2.05 bits per heavy atom. The lowest BCUT2D eigenvalue weighted by Crippen LogP contribution is -2.41. The number of Topliss-reactive ketones (excluding diaryl/α,β-unsaturated/α-hetero) is 1. The zero-order valence-corrected chi connectivity index (χ0v) is 12.4. The first-order valence-electron chi connectivity index (χ1n) is 7.24. The van der Waals surface area contributed by atoms with Crippen LogP contribution < -0.4 is 0 Å². The fourth-order valence-electron chi connectivity index (χ4n) is 3.74. The molecule has 0 aromatic carbocycles. The van der Waals surface area contributed by atoms with Gasteiger partial charge in [-0.05, 0) is 51.4 Å². The second-order valence-corrected chi connectivity index (χ2v) is 6.05. The summed E-state index contributed by atoms with van der Waals surface area (Å²) in [6, 6.07) is 0. The van der Waals surface area contributed by atoms with Gasteiger partial charge in [-0.15, -0.1) is 0 Å². The lowest BCUT2D eigenvalue weighted by Gasteiger charge is -2.27. The Morgan fingerprint density at radius 1 is 1.05 bits per heavy atom. The van der Waals surface area contributed by atoms with E-state index in [4.69, 9.17) is 9.47 Å². The maximum Gasteiger partial charge on any atom is 0.323 e. The molecule has 0 amide bonds. The molecule has 0 heterocycles. The number of hydrogen-bond donors (Lipinski definition) is 0. The summed E-state index contributed by atoms with van der Waals surface area (Å²) in [4.78, 5) is 35.9. The number of rotatable bonds is 6. The second kappa shape index (κ2) is 5.19. The summed E-state index contributed by atoms with van der Waals surface area (Å²) in [5, 5.41) is 0. The van der Waals surface area contributed by atoms with Gasteiger partial charge in [0.25, 0.3) is 0 Å². The maximum absolute atomic E-state index is 12.3. The van der Waals surface area contributed by atoms with Crippen molar-refractivity contribution in [2.24, 2.45) is 16.7 Å². The number of hydrogen-bond acceptors (Lipinski definition) is 5. The molecule has 2 aliphatic carbocycles. The Kier molecular flexibility index (Phi) is 3.89. The predicted molar refractivity (Wildman–Crippen MR) is 70.8 cm³/mol. The quantitative estimate of drug-likeness (QED) is 0.549. The molecule has 112 valence electrons. The molecule has 5 heteroatoms. The van der Waals surface area contributed by atoms with Crippen LogP contribution in [0.1, 0.15) is 46.5 Å². The van der Waals surface area contributed by atoms with Crippen LogP contribution in [0.3, 0.4) is 0 Å². The van der Waals surface area contributed by atoms with Crippen LogP contribution >= 0.6 is 0 Å². The van der Waals surface area contributed by atoms with Gasteiger partial charge in [0.15, 0.2) is 5.41 Å². The van der Waals surface area contributed by atoms with Crippen molar-refractivity contribution >= 4 is 17.7 Å². The van der Waals surface area contributed by atoms with Gasteiger partial charge in [-0.3, -0.25) is 9.59 Å². The molecule has 0 aromatic rings. The second-order valence-electron chi connectivity index (χ2n) is 6.05. The molecule has 2 atom stereocenters. The van der Waals surface area contributed by atoms with Gasteiger partial charge in [-0.2, -0.15) is 0 Å². The summed E-state index contributed by atoms with van der Waals surface area (Å²) < 4.78 is 10.2. The van der Waals surface area contributed by atoms with Crippen molar-refractivity contribution in [1.29, 1.82) is 0 Å². The van der Waals surface area contributed by atoms with Gasteiger partial charge >= 0.3 is 11.9 Å². The molecule has 20 heavy (non-hydrogen) atoms. The van der Waals surface area contributed by atoms with Crippen molar-refractivity contribution < 1.29 is 23.9 Å². The molecule has 0 aromatic heterocycles. The Labute approximate surface area is 119 Å². The van der Waals surface area contributed by atoms with Crippen molar-refractivity contribution in [3.8, 4) is 0 Å². The molecule has 2 fully saturated rings. The SMILES string of the molecule is CCOC(=O)C1(C(=O)OCC)CC2CC2(CC(C)=O)C1. The number of esters is 2. The average Bonchev–Trinajstić information content (AvgIpc) is 2.89. The molecule has 2 aliphatic rings. The Hall–Kier alpha value is -1.39. The fraction of sp³-hybridized carbons (Fsp3) is 0.800. The molecular formula is C15H22O5. The van der Waals surface area contributed by atoms with Crippen LogP contribution in [0.15, 0.2) is 0 Å². The van der Waals surface area contributed by atoms with Crippen LogP contribution in [0.25, 0.3) is 0 Å². The summed E-state index contributed by atoms with van der Waals surface area (Å²) >= 11 is 0. The van der Waals surface area contributed by atoms with Crippen molar-refractivity contribution in [3.63, 3.8) is 0 Å². The zero-order chi connectivity index (χ0) is 15.0. The minimum atomic E-state index is -1.19. The monoisotopic (exact) mass is 282 g/mol. The average molecular weight is 282 g/mol. The van der Waals surface area contributed by atoms with Crippen LogP contribution in [-0.4, -0.2) is 30.9 Å². The summed E-state index contributed by atoms with van der Waals surface area (Å²) in [5.41, 5.74) is -1.37. The first-order chi connectivity index (χ1) is 9.40. The first-order valence-corrected chi connectivity index (χ1v) is 7.24. The lowest BCUT2D eigenvalue weighted by molar-refractivity contribution is -0.173. The molecule has 2 rings (SSSR count). The highest BCUT2D eigenvalue weighted by atomic mass is 16.6. The standard InChI is InChI=1S/C15H22O5/c1-4-19-12(17)15(13(18)20-5-2)8-11-7-14(11,9-15)6-10(3)16/h11H,4-9H2,1-3H3. The minimum absolute atomic E-state index is 0.107. The van der Waals surface area contributed by atoms with E-state index in [1.807, 2.05) is 0 Å². The Morgan fingerprint density at radius 2 is 1.60 bits per heavy atom. The van der Waals surface area contributed by atoms with Crippen LogP contribution in [0.2, 0.25) is 0 Å². The maximum atomic E-state index is 12.3. The van der Waals surface area contributed by atoms with E-state index in [1.54, 1.807) is 20.8 Å². The van der Waals surface area contributed by atoms with Gasteiger partial charge in [0.1, 0.15) is 5.78 Å². The van der Waals surface area contributed by atoms with E-state index in [9.17, 15) is 14.4 Å². The van der Waals surface area contributed by atoms with E-state index in [1.165, 1.54) is 0 Å². The number of ether oxygens (including phenoxy) is 2. The molecule has 0 bridgehead atoms. The van der Waals surface area contributed by atoms with Gasteiger partial charge in [0.2, 0.25) is 0 Å². The smallest absolute Gasteiger partial charge is 0.323 e. The number of carbonyl (C=O) groups excluding carboxylic acids is 3. The summed E-state index contributed by atoms with van der Waals surface area (Å²) in [7, 11) is 0. The largest absolute Gasteiger partial charge is 0.465 e. The third-order valence-electron chi connectivity index (χ3n) is 4.54. The minimum Gasteiger partial charge on any atom is -0.465 e. The van der Waals surface area contributed by atoms with Crippen LogP contribution in [-0.2, 0) is 23.9 Å². The van der Waals surface area contributed by atoms with Crippen LogP contribution in [0.5, 0.6) is 0 Å². The van der Waals surface area contributed by atoms with Crippen LogP contribution in [0, 0.1) is 16.7 Å². The molecule has 0 aliphatic heterocycles. The van der Waals surface area contributed by atoms with Gasteiger partial charge < -0.3 is 14.3 Å². The number of ketones is 1. The Balaban J connectivity index is 2.21. The van der Waals surface area contributed by atoms with Crippen LogP contribution in [0.4, 0.5) is 0 Å². The fourth-order valence-corrected chi connectivity index (χ4v) is 3.74. The van der Waals surface area contributed by atoms with E-state index in [-0.39, 0.29) is 30.3 Å². The molecule has 0 radical (unpaired) electrons. The highest BCUT2D eigenvalue weighted by molar-refractivity contribution is 6.01. The van der Waals surface area contributed by atoms with E-state index >= 15 is 0 Å². The van der Waals surface area contributed by atoms with E-state index in [2.05, 4.69) is 0 Å². The lowest BCUT2D eigenvalue weighted by atomic mass is 9.79. The van der Waals surface area contributed by atoms with E-state index in [0.29, 0.717) is 19.3 Å². The number of carbonyl (C=O) groups is 3. The van der Waals surface area contributed by atoms with Crippen molar-refractivity contribution in [2.45, 2.75) is 46.5 Å². The first kappa shape index (κ1) is 15.0. The van der Waals surface area contributed by atoms with Gasteiger partial charge in [-0.1, -0.05) is 0 Å². The Bertz CT molecular complexity index is 424. The molecule has 2 unspecified atom stereocenters. The molecule has 0 spiro atoms. The van der Waals surface area contributed by atoms with E-state index < -0.39 is 17.4 Å². The molecule has 5 nitrogen and oxygen atoms in total. The van der Waals surface area contributed by atoms with Gasteiger partial charge in [-0.25, -0.2) is 0 Å². The summed E-state index contributed by atoms with van der Waals surface area (Å²) in [6.07, 6.45) is 2.21. The highest BCUT2D eigenvalue weighted by Gasteiger charge is 2.71. The third-order valence-corrected chi connectivity index (χ3v) is 4.54.